The number of rotatable bonds is 1. The van der Waals surface area contributed by atoms with Gasteiger partial charge in [-0.25, -0.2) is 0 Å². The molecule has 4 heteroatoms. The van der Waals surface area contributed by atoms with Crippen LogP contribution in [0.3, 0.4) is 0 Å². The molecule has 1 aliphatic rings. The molecule has 2 atom stereocenters. The molecule has 2 N–H and O–H groups in total. The molecule has 4 nitrogen and oxygen atoms in total. The second kappa shape index (κ2) is 4.06. The summed E-state index contributed by atoms with van der Waals surface area (Å²) in [4.78, 5) is 13.7. The van der Waals surface area contributed by atoms with E-state index in [2.05, 4.69) is 6.92 Å². The van der Waals surface area contributed by atoms with Crippen LogP contribution in [0.5, 0.6) is 0 Å². The molecular weight excluding hydrogens is 192 g/mol. The van der Waals surface area contributed by atoms with Gasteiger partial charge in [-0.15, -0.1) is 0 Å². The number of nitrogens with zero attached hydrogens (tertiary/aromatic N) is 1. The van der Waals surface area contributed by atoms with Gasteiger partial charge in [0.1, 0.15) is 0 Å². The zero-order valence-corrected chi connectivity index (χ0v) is 8.85. The number of amides is 1. The topological polar surface area (TPSA) is 59.5 Å². The third kappa shape index (κ3) is 2.21. The molecule has 1 fully saturated rings. The van der Waals surface area contributed by atoms with Crippen molar-refractivity contribution in [2.75, 3.05) is 13.1 Å². The first-order valence-corrected chi connectivity index (χ1v) is 5.25. The largest absolute Gasteiger partial charge is 0.459 e. The molecule has 2 heterocycles. The number of hydrogen-bond donors (Lipinski definition) is 1. The fourth-order valence-electron chi connectivity index (χ4n) is 2.12. The summed E-state index contributed by atoms with van der Waals surface area (Å²) in [6, 6.07) is 3.50. The van der Waals surface area contributed by atoms with Crippen molar-refractivity contribution >= 4 is 5.91 Å². The van der Waals surface area contributed by atoms with E-state index in [0.717, 1.165) is 13.0 Å². The second-order valence-corrected chi connectivity index (χ2v) is 4.29. The third-order valence-electron chi connectivity index (χ3n) is 2.71. The zero-order valence-electron chi connectivity index (χ0n) is 8.85. The van der Waals surface area contributed by atoms with Crippen LogP contribution in [0.4, 0.5) is 0 Å². The Labute approximate surface area is 89.0 Å². The molecule has 2 unspecified atom stereocenters. The van der Waals surface area contributed by atoms with Gasteiger partial charge < -0.3 is 15.1 Å². The van der Waals surface area contributed by atoms with E-state index >= 15 is 0 Å². The molecule has 0 radical (unpaired) electrons. The van der Waals surface area contributed by atoms with Crippen LogP contribution in [-0.2, 0) is 0 Å². The number of hydrogen-bond acceptors (Lipinski definition) is 3. The summed E-state index contributed by atoms with van der Waals surface area (Å²) in [5.41, 5.74) is 5.88. The molecule has 1 aromatic rings. The van der Waals surface area contributed by atoms with Gasteiger partial charge in [-0.1, -0.05) is 6.92 Å². The van der Waals surface area contributed by atoms with E-state index in [1.165, 1.54) is 6.26 Å². The van der Waals surface area contributed by atoms with E-state index < -0.39 is 0 Å². The Balaban J connectivity index is 2.07. The van der Waals surface area contributed by atoms with Crippen molar-refractivity contribution in [3.63, 3.8) is 0 Å². The molecule has 1 aromatic heterocycles. The van der Waals surface area contributed by atoms with E-state index in [4.69, 9.17) is 10.2 Å². The second-order valence-electron chi connectivity index (χ2n) is 4.29. The van der Waals surface area contributed by atoms with E-state index in [9.17, 15) is 4.79 Å². The van der Waals surface area contributed by atoms with Gasteiger partial charge in [-0.3, -0.25) is 4.79 Å². The van der Waals surface area contributed by atoms with Gasteiger partial charge >= 0.3 is 0 Å². The summed E-state index contributed by atoms with van der Waals surface area (Å²) in [7, 11) is 0. The molecule has 0 spiro atoms. The maximum Gasteiger partial charge on any atom is 0.289 e. The van der Waals surface area contributed by atoms with E-state index in [0.29, 0.717) is 18.2 Å². The smallest absolute Gasteiger partial charge is 0.289 e. The lowest BCUT2D eigenvalue weighted by Crippen LogP contribution is -2.48. The summed E-state index contributed by atoms with van der Waals surface area (Å²) in [5.74, 6) is 0.811. The number of carbonyl (C=O) groups is 1. The van der Waals surface area contributed by atoms with Crippen LogP contribution in [-0.4, -0.2) is 29.9 Å². The minimum Gasteiger partial charge on any atom is -0.459 e. The first-order chi connectivity index (χ1) is 7.16. The van der Waals surface area contributed by atoms with Gasteiger partial charge in [0.15, 0.2) is 5.76 Å². The Bertz CT molecular complexity index is 324. The van der Waals surface area contributed by atoms with Crippen molar-refractivity contribution in [3.05, 3.63) is 24.2 Å². The molecule has 0 saturated carbocycles. The third-order valence-corrected chi connectivity index (χ3v) is 2.71. The molecule has 1 saturated heterocycles. The van der Waals surface area contributed by atoms with Crippen molar-refractivity contribution in [2.45, 2.75) is 19.4 Å². The van der Waals surface area contributed by atoms with Crippen molar-refractivity contribution < 1.29 is 9.21 Å². The van der Waals surface area contributed by atoms with Crippen molar-refractivity contribution in [1.29, 1.82) is 0 Å². The quantitative estimate of drug-likeness (QED) is 0.751. The summed E-state index contributed by atoms with van der Waals surface area (Å²) in [6.45, 7) is 3.51. The van der Waals surface area contributed by atoms with Gasteiger partial charge in [0.2, 0.25) is 0 Å². The van der Waals surface area contributed by atoms with Crippen molar-refractivity contribution in [2.24, 2.45) is 11.7 Å². The molecule has 1 amide bonds. The van der Waals surface area contributed by atoms with Gasteiger partial charge in [0.25, 0.3) is 5.91 Å². The highest BCUT2D eigenvalue weighted by atomic mass is 16.3. The normalized spacial score (nSPS) is 26.7. The van der Waals surface area contributed by atoms with Crippen LogP contribution < -0.4 is 5.73 Å². The first-order valence-electron chi connectivity index (χ1n) is 5.25. The maximum atomic E-state index is 11.9. The Kier molecular flexibility index (Phi) is 2.77. The highest BCUT2D eigenvalue weighted by molar-refractivity contribution is 5.91. The van der Waals surface area contributed by atoms with Crippen molar-refractivity contribution in [1.82, 2.24) is 4.90 Å². The van der Waals surface area contributed by atoms with E-state index in [1.54, 1.807) is 17.0 Å². The fourth-order valence-corrected chi connectivity index (χ4v) is 2.12. The standard InChI is InChI=1S/C11H16N2O2/c1-8-5-9(12)7-13(6-8)11(14)10-3-2-4-15-10/h2-4,8-9H,5-7,12H2,1H3. The molecule has 0 aromatic carbocycles. The lowest BCUT2D eigenvalue weighted by molar-refractivity contribution is 0.0629. The average molecular weight is 208 g/mol. The summed E-state index contributed by atoms with van der Waals surface area (Å²) < 4.78 is 5.09. The predicted molar refractivity (Wildman–Crippen MR) is 56.4 cm³/mol. The van der Waals surface area contributed by atoms with Gasteiger partial charge in [0.05, 0.1) is 6.26 Å². The fraction of sp³-hybridized carbons (Fsp3) is 0.545. The minimum absolute atomic E-state index is 0.0537. The maximum absolute atomic E-state index is 11.9. The molecule has 0 aliphatic carbocycles. The van der Waals surface area contributed by atoms with E-state index in [-0.39, 0.29) is 11.9 Å². The number of nitrogens with two attached hydrogens (primary N) is 1. The SMILES string of the molecule is CC1CC(N)CN(C(=O)c2ccco2)C1. The van der Waals surface area contributed by atoms with Gasteiger partial charge in [0, 0.05) is 19.1 Å². The number of likely N-dealkylation sites (tertiary alicyclic amines) is 1. The monoisotopic (exact) mass is 208 g/mol. The lowest BCUT2D eigenvalue weighted by Gasteiger charge is -2.34. The Hall–Kier alpha value is -1.29. The van der Waals surface area contributed by atoms with Crippen LogP contribution >= 0.6 is 0 Å². The van der Waals surface area contributed by atoms with Crippen LogP contribution in [0, 0.1) is 5.92 Å². The first kappa shape index (κ1) is 10.2. The molecule has 82 valence electrons. The number of piperidine rings is 1. The van der Waals surface area contributed by atoms with Crippen LogP contribution in [0.1, 0.15) is 23.9 Å². The minimum atomic E-state index is -0.0537. The van der Waals surface area contributed by atoms with E-state index in [1.807, 2.05) is 0 Å². The van der Waals surface area contributed by atoms with Gasteiger partial charge in [-0.2, -0.15) is 0 Å². The van der Waals surface area contributed by atoms with Crippen molar-refractivity contribution in [3.8, 4) is 0 Å². The highest BCUT2D eigenvalue weighted by Crippen LogP contribution is 2.17. The lowest BCUT2D eigenvalue weighted by atomic mass is 9.96. The summed E-state index contributed by atoms with van der Waals surface area (Å²) in [6.07, 6.45) is 2.50. The average Bonchev–Trinajstić information content (AvgIpc) is 2.67. The van der Waals surface area contributed by atoms with Crippen LogP contribution in [0.15, 0.2) is 22.8 Å². The Morgan fingerprint density at radius 3 is 3.00 bits per heavy atom. The zero-order chi connectivity index (χ0) is 10.8. The van der Waals surface area contributed by atoms with Crippen LogP contribution in [0.25, 0.3) is 0 Å². The summed E-state index contributed by atoms with van der Waals surface area (Å²) >= 11 is 0. The van der Waals surface area contributed by atoms with Crippen LogP contribution in [0.2, 0.25) is 0 Å². The highest BCUT2D eigenvalue weighted by Gasteiger charge is 2.27. The summed E-state index contributed by atoms with van der Waals surface area (Å²) in [5, 5.41) is 0. The number of carbonyl (C=O) groups excluding carboxylic acids is 1. The molecule has 15 heavy (non-hydrogen) atoms. The molecule has 0 bridgehead atoms. The molecule has 2 rings (SSSR count). The number of furan rings is 1. The Morgan fingerprint density at radius 2 is 2.40 bits per heavy atom. The Morgan fingerprint density at radius 1 is 1.60 bits per heavy atom. The predicted octanol–water partition coefficient (Wildman–Crippen LogP) is 1.09. The molecule has 1 aliphatic heterocycles. The van der Waals surface area contributed by atoms with Gasteiger partial charge in [-0.05, 0) is 24.5 Å². The molecular formula is C11H16N2O2.